The Bertz CT molecular complexity index is 996. The largest absolute Gasteiger partial charge is 0.346 e. The van der Waals surface area contributed by atoms with Crippen LogP contribution in [-0.2, 0) is 6.54 Å². The van der Waals surface area contributed by atoms with Gasteiger partial charge in [-0.15, -0.1) is 0 Å². The van der Waals surface area contributed by atoms with Crippen LogP contribution < -0.4 is 0 Å². The number of nitrogens with one attached hydrogen (secondary N) is 1. The molecule has 3 heterocycles. The van der Waals surface area contributed by atoms with E-state index in [0.717, 1.165) is 37.3 Å². The lowest BCUT2D eigenvalue weighted by atomic mass is 9.99. The van der Waals surface area contributed by atoms with Crippen LogP contribution in [0.5, 0.6) is 0 Å². The van der Waals surface area contributed by atoms with E-state index in [-0.39, 0.29) is 0 Å². The first-order valence-electron chi connectivity index (χ1n) is 8.27. The van der Waals surface area contributed by atoms with Crippen molar-refractivity contribution in [2.24, 2.45) is 0 Å². The van der Waals surface area contributed by atoms with E-state index in [0.29, 0.717) is 10.6 Å². The van der Waals surface area contributed by atoms with Gasteiger partial charge in [0.15, 0.2) is 0 Å². The maximum atomic E-state index is 9.29. The van der Waals surface area contributed by atoms with Crippen molar-refractivity contribution in [3.8, 4) is 6.07 Å². The van der Waals surface area contributed by atoms with Crippen LogP contribution in [0.25, 0.3) is 16.6 Å². The van der Waals surface area contributed by atoms with Crippen molar-refractivity contribution in [3.63, 3.8) is 0 Å². The number of benzene rings is 1. The van der Waals surface area contributed by atoms with Gasteiger partial charge >= 0.3 is 0 Å². The Morgan fingerprint density at radius 1 is 1.32 bits per heavy atom. The molecule has 124 valence electrons. The zero-order valence-electron chi connectivity index (χ0n) is 13.7. The standard InChI is InChI=1S/C20H17ClN4/c21-17-4-3-15(16(10-17)11-22)13-25-8-5-14(6-9-25)19-12-24-20-18(19)2-1-7-23-20/h1-5,7,10,12H,6,8-9,13H2,(H,23,24). The Hall–Kier alpha value is -2.61. The molecular weight excluding hydrogens is 332 g/mol. The number of aromatic nitrogens is 2. The van der Waals surface area contributed by atoms with E-state index < -0.39 is 0 Å². The minimum Gasteiger partial charge on any atom is -0.346 e. The van der Waals surface area contributed by atoms with Crippen molar-refractivity contribution in [2.75, 3.05) is 13.1 Å². The van der Waals surface area contributed by atoms with Crippen LogP contribution in [0.15, 0.2) is 48.8 Å². The summed E-state index contributed by atoms with van der Waals surface area (Å²) in [5.74, 6) is 0. The van der Waals surface area contributed by atoms with Crippen molar-refractivity contribution >= 4 is 28.2 Å². The molecule has 0 aliphatic carbocycles. The Morgan fingerprint density at radius 2 is 2.24 bits per heavy atom. The molecule has 0 amide bonds. The predicted molar refractivity (Wildman–Crippen MR) is 100 cm³/mol. The Kier molecular flexibility index (Phi) is 4.27. The zero-order valence-corrected chi connectivity index (χ0v) is 14.4. The lowest BCUT2D eigenvalue weighted by Crippen LogP contribution is -2.28. The molecule has 4 rings (SSSR count). The van der Waals surface area contributed by atoms with Crippen LogP contribution in [0.4, 0.5) is 0 Å². The molecule has 25 heavy (non-hydrogen) atoms. The number of pyridine rings is 1. The quantitative estimate of drug-likeness (QED) is 0.764. The number of rotatable bonds is 3. The minimum absolute atomic E-state index is 0.606. The van der Waals surface area contributed by atoms with E-state index in [2.05, 4.69) is 33.1 Å². The lowest BCUT2D eigenvalue weighted by Gasteiger charge is -2.26. The highest BCUT2D eigenvalue weighted by Crippen LogP contribution is 2.29. The summed E-state index contributed by atoms with van der Waals surface area (Å²) in [5, 5.41) is 11.1. The molecule has 0 saturated carbocycles. The van der Waals surface area contributed by atoms with E-state index in [1.54, 1.807) is 12.3 Å². The number of hydrogen-bond acceptors (Lipinski definition) is 3. The normalized spacial score (nSPS) is 15.1. The topological polar surface area (TPSA) is 55.7 Å². The molecule has 0 spiro atoms. The second-order valence-electron chi connectivity index (χ2n) is 6.23. The van der Waals surface area contributed by atoms with Crippen molar-refractivity contribution in [2.45, 2.75) is 13.0 Å². The van der Waals surface area contributed by atoms with Gasteiger partial charge in [-0.05, 0) is 41.8 Å². The fourth-order valence-corrected chi connectivity index (χ4v) is 3.52. The summed E-state index contributed by atoms with van der Waals surface area (Å²) in [4.78, 5) is 9.95. The predicted octanol–water partition coefficient (Wildman–Crippen LogP) is 4.38. The molecule has 2 aromatic heterocycles. The summed E-state index contributed by atoms with van der Waals surface area (Å²) in [6.45, 7) is 2.60. The SMILES string of the molecule is N#Cc1cc(Cl)ccc1CN1CC=C(c2c[nH]c3ncccc23)CC1. The van der Waals surface area contributed by atoms with Gasteiger partial charge in [-0.25, -0.2) is 4.98 Å². The number of aromatic amines is 1. The smallest absolute Gasteiger partial charge is 0.137 e. The maximum absolute atomic E-state index is 9.29. The van der Waals surface area contributed by atoms with Crippen LogP contribution in [0.1, 0.15) is 23.1 Å². The van der Waals surface area contributed by atoms with Gasteiger partial charge in [0.05, 0.1) is 11.6 Å². The molecule has 1 aromatic carbocycles. The Labute approximate surface area is 151 Å². The highest BCUT2D eigenvalue weighted by atomic mass is 35.5. The van der Waals surface area contributed by atoms with Crippen molar-refractivity contribution in [3.05, 3.63) is 70.5 Å². The molecule has 0 atom stereocenters. The summed E-state index contributed by atoms with van der Waals surface area (Å²) in [5.41, 5.74) is 5.21. The first-order valence-corrected chi connectivity index (χ1v) is 8.65. The monoisotopic (exact) mass is 348 g/mol. The van der Waals surface area contributed by atoms with Crippen molar-refractivity contribution in [1.82, 2.24) is 14.9 Å². The third-order valence-corrected chi connectivity index (χ3v) is 4.91. The number of halogens is 1. The summed E-state index contributed by atoms with van der Waals surface area (Å²) < 4.78 is 0. The van der Waals surface area contributed by atoms with Crippen LogP contribution in [0, 0.1) is 11.3 Å². The van der Waals surface area contributed by atoms with Crippen molar-refractivity contribution < 1.29 is 0 Å². The van der Waals surface area contributed by atoms with Gasteiger partial charge in [0.1, 0.15) is 5.65 Å². The summed E-state index contributed by atoms with van der Waals surface area (Å²) in [6, 6.07) is 11.9. The van der Waals surface area contributed by atoms with Gasteiger partial charge in [-0.2, -0.15) is 5.26 Å². The highest BCUT2D eigenvalue weighted by molar-refractivity contribution is 6.30. The third kappa shape index (κ3) is 3.17. The molecule has 0 fully saturated rings. The van der Waals surface area contributed by atoms with E-state index in [1.807, 2.05) is 24.4 Å². The Balaban J connectivity index is 1.52. The van der Waals surface area contributed by atoms with Gasteiger partial charge in [-0.3, -0.25) is 4.90 Å². The first kappa shape index (κ1) is 15.9. The second kappa shape index (κ2) is 6.72. The van der Waals surface area contributed by atoms with Crippen LogP contribution in [0.3, 0.4) is 0 Å². The molecule has 4 nitrogen and oxygen atoms in total. The molecule has 0 saturated heterocycles. The summed E-state index contributed by atoms with van der Waals surface area (Å²) in [7, 11) is 0. The Morgan fingerprint density at radius 3 is 3.04 bits per heavy atom. The number of fused-ring (bicyclic) bond motifs is 1. The van der Waals surface area contributed by atoms with Gasteiger partial charge in [-0.1, -0.05) is 23.7 Å². The molecule has 5 heteroatoms. The fourth-order valence-electron chi connectivity index (χ4n) is 3.35. The van der Waals surface area contributed by atoms with Crippen LogP contribution in [0.2, 0.25) is 5.02 Å². The first-order chi connectivity index (χ1) is 12.2. The maximum Gasteiger partial charge on any atom is 0.137 e. The van der Waals surface area contributed by atoms with E-state index in [4.69, 9.17) is 11.6 Å². The average Bonchev–Trinajstić information content (AvgIpc) is 3.08. The third-order valence-electron chi connectivity index (χ3n) is 4.68. The molecule has 0 radical (unpaired) electrons. The number of H-pyrrole nitrogens is 1. The van der Waals surface area contributed by atoms with Gasteiger partial charge in [0, 0.05) is 48.0 Å². The molecule has 3 aromatic rings. The van der Waals surface area contributed by atoms with Crippen LogP contribution in [-0.4, -0.2) is 28.0 Å². The van der Waals surface area contributed by atoms with E-state index in [1.165, 1.54) is 16.5 Å². The van der Waals surface area contributed by atoms with Gasteiger partial charge < -0.3 is 4.98 Å². The summed E-state index contributed by atoms with van der Waals surface area (Å²) in [6.07, 6.45) is 7.11. The van der Waals surface area contributed by atoms with E-state index >= 15 is 0 Å². The van der Waals surface area contributed by atoms with Gasteiger partial charge in [0.2, 0.25) is 0 Å². The molecule has 1 aliphatic rings. The minimum atomic E-state index is 0.606. The fraction of sp³-hybridized carbons (Fsp3) is 0.200. The lowest BCUT2D eigenvalue weighted by molar-refractivity contribution is 0.293. The van der Waals surface area contributed by atoms with Gasteiger partial charge in [0.25, 0.3) is 0 Å². The summed E-state index contributed by atoms with van der Waals surface area (Å²) >= 11 is 5.98. The number of hydrogen-bond donors (Lipinski definition) is 1. The highest BCUT2D eigenvalue weighted by Gasteiger charge is 2.17. The molecule has 1 N–H and O–H groups in total. The number of nitriles is 1. The number of nitrogens with zero attached hydrogens (tertiary/aromatic N) is 3. The molecule has 1 aliphatic heterocycles. The second-order valence-corrected chi connectivity index (χ2v) is 6.67. The zero-order chi connectivity index (χ0) is 17.2. The van der Waals surface area contributed by atoms with Crippen LogP contribution >= 0.6 is 11.6 Å². The molecule has 0 bridgehead atoms. The van der Waals surface area contributed by atoms with E-state index in [9.17, 15) is 5.26 Å². The van der Waals surface area contributed by atoms with Crippen molar-refractivity contribution in [1.29, 1.82) is 5.26 Å². The molecule has 0 unspecified atom stereocenters. The average molecular weight is 349 g/mol. The molecular formula is C20H17ClN4.